The molecule has 130 valence electrons. The van der Waals surface area contributed by atoms with E-state index in [0.717, 1.165) is 25.0 Å². The van der Waals surface area contributed by atoms with E-state index in [-0.39, 0.29) is 12.6 Å². The molecule has 0 aromatic heterocycles. The number of benzene rings is 1. The Bertz CT molecular complexity index is 465. The zero-order valence-electron chi connectivity index (χ0n) is 14.6. The third kappa shape index (κ3) is 8.45. The highest BCUT2D eigenvalue weighted by atomic mass is 16.6. The van der Waals surface area contributed by atoms with Crippen molar-refractivity contribution in [1.82, 2.24) is 5.32 Å². The summed E-state index contributed by atoms with van der Waals surface area (Å²) in [6.07, 6.45) is 2.62. The minimum absolute atomic E-state index is 0.0147. The van der Waals surface area contributed by atoms with Gasteiger partial charge in [-0.2, -0.15) is 0 Å². The van der Waals surface area contributed by atoms with Crippen LogP contribution in [-0.4, -0.2) is 36.6 Å². The number of hydrogen-bond donors (Lipinski definition) is 2. The number of amides is 1. The second-order valence-corrected chi connectivity index (χ2v) is 6.60. The molecule has 5 heteroatoms. The zero-order valence-corrected chi connectivity index (χ0v) is 14.6. The van der Waals surface area contributed by atoms with E-state index in [2.05, 4.69) is 5.32 Å². The monoisotopic (exact) mass is 323 g/mol. The van der Waals surface area contributed by atoms with Crippen LogP contribution in [0.25, 0.3) is 0 Å². The van der Waals surface area contributed by atoms with Gasteiger partial charge in [0, 0.05) is 12.6 Å². The van der Waals surface area contributed by atoms with E-state index in [0.29, 0.717) is 6.42 Å². The summed E-state index contributed by atoms with van der Waals surface area (Å²) in [5.74, 6) is 0.831. The highest BCUT2D eigenvalue weighted by molar-refractivity contribution is 5.68. The SMILES string of the molecule is COc1ccc(CCC(CCCO)NC(=O)OC(C)(C)C)cc1. The van der Waals surface area contributed by atoms with Gasteiger partial charge in [-0.25, -0.2) is 4.79 Å². The van der Waals surface area contributed by atoms with Gasteiger partial charge in [0.25, 0.3) is 0 Å². The van der Waals surface area contributed by atoms with Crippen LogP contribution in [0.2, 0.25) is 0 Å². The van der Waals surface area contributed by atoms with E-state index in [1.807, 2.05) is 45.0 Å². The van der Waals surface area contributed by atoms with Gasteiger partial charge in [-0.05, 0) is 64.2 Å². The number of hydrogen-bond acceptors (Lipinski definition) is 4. The van der Waals surface area contributed by atoms with E-state index in [9.17, 15) is 4.79 Å². The lowest BCUT2D eigenvalue weighted by molar-refractivity contribution is 0.0497. The predicted octanol–water partition coefficient (Wildman–Crippen LogP) is 3.29. The van der Waals surface area contributed by atoms with Gasteiger partial charge in [0.2, 0.25) is 0 Å². The van der Waals surface area contributed by atoms with Crippen LogP contribution in [0.3, 0.4) is 0 Å². The van der Waals surface area contributed by atoms with Crippen LogP contribution in [0.5, 0.6) is 5.75 Å². The maximum absolute atomic E-state index is 11.9. The molecule has 1 atom stereocenters. The lowest BCUT2D eigenvalue weighted by atomic mass is 10.0. The number of aliphatic hydroxyl groups excluding tert-OH is 1. The zero-order chi connectivity index (χ0) is 17.3. The summed E-state index contributed by atoms with van der Waals surface area (Å²) in [6, 6.07) is 7.89. The molecule has 5 nitrogen and oxygen atoms in total. The smallest absolute Gasteiger partial charge is 0.407 e. The Labute approximate surface area is 139 Å². The molecule has 0 aliphatic rings. The number of alkyl carbamates (subject to hydrolysis) is 1. The van der Waals surface area contributed by atoms with Gasteiger partial charge in [0.15, 0.2) is 0 Å². The van der Waals surface area contributed by atoms with Gasteiger partial charge >= 0.3 is 6.09 Å². The molecule has 1 amide bonds. The van der Waals surface area contributed by atoms with Gasteiger partial charge in [-0.15, -0.1) is 0 Å². The normalized spacial score (nSPS) is 12.6. The maximum atomic E-state index is 11.9. The van der Waals surface area contributed by atoms with Gasteiger partial charge in [-0.3, -0.25) is 0 Å². The van der Waals surface area contributed by atoms with Gasteiger partial charge in [0.1, 0.15) is 11.4 Å². The third-order valence-electron chi connectivity index (χ3n) is 3.37. The van der Waals surface area contributed by atoms with Crippen LogP contribution in [0.4, 0.5) is 4.79 Å². The first kappa shape index (κ1) is 19.3. The number of carbonyl (C=O) groups is 1. The highest BCUT2D eigenvalue weighted by Crippen LogP contribution is 2.15. The van der Waals surface area contributed by atoms with Crippen LogP contribution in [0, 0.1) is 0 Å². The fraction of sp³-hybridized carbons (Fsp3) is 0.611. The molecule has 0 saturated carbocycles. The summed E-state index contributed by atoms with van der Waals surface area (Å²) in [5.41, 5.74) is 0.674. The molecule has 1 rings (SSSR count). The number of methoxy groups -OCH3 is 1. The van der Waals surface area contributed by atoms with Crippen molar-refractivity contribution in [3.8, 4) is 5.75 Å². The first-order chi connectivity index (χ1) is 10.8. The number of rotatable bonds is 8. The molecule has 0 fully saturated rings. The van der Waals surface area contributed by atoms with Gasteiger partial charge < -0.3 is 19.9 Å². The minimum atomic E-state index is -0.512. The maximum Gasteiger partial charge on any atom is 0.407 e. The Balaban J connectivity index is 2.54. The number of aliphatic hydroxyl groups is 1. The summed E-state index contributed by atoms with van der Waals surface area (Å²) < 4.78 is 10.4. The van der Waals surface area contributed by atoms with Crippen molar-refractivity contribution in [2.75, 3.05) is 13.7 Å². The van der Waals surface area contributed by atoms with Crippen molar-refractivity contribution in [3.63, 3.8) is 0 Å². The van der Waals surface area contributed by atoms with Crippen LogP contribution in [0.15, 0.2) is 24.3 Å². The predicted molar refractivity (Wildman–Crippen MR) is 90.8 cm³/mol. The molecule has 23 heavy (non-hydrogen) atoms. The molecule has 1 unspecified atom stereocenters. The molecular formula is C18H29NO4. The summed E-state index contributed by atoms with van der Waals surface area (Å²) in [7, 11) is 1.64. The highest BCUT2D eigenvalue weighted by Gasteiger charge is 2.19. The topological polar surface area (TPSA) is 67.8 Å². The molecule has 0 saturated heterocycles. The van der Waals surface area contributed by atoms with Crippen molar-refractivity contribution in [3.05, 3.63) is 29.8 Å². The molecule has 0 aliphatic heterocycles. The standard InChI is InChI=1S/C18H29NO4/c1-18(2,3)23-17(21)19-15(6-5-13-20)10-7-14-8-11-16(22-4)12-9-14/h8-9,11-12,15,20H,5-7,10,13H2,1-4H3,(H,19,21). The van der Waals surface area contributed by atoms with Crippen molar-refractivity contribution < 1.29 is 19.4 Å². The number of aryl methyl sites for hydroxylation is 1. The second kappa shape index (κ2) is 9.40. The molecule has 0 bridgehead atoms. The fourth-order valence-corrected chi connectivity index (χ4v) is 2.23. The van der Waals surface area contributed by atoms with Crippen molar-refractivity contribution in [1.29, 1.82) is 0 Å². The van der Waals surface area contributed by atoms with E-state index in [1.165, 1.54) is 5.56 Å². The van der Waals surface area contributed by atoms with Crippen LogP contribution in [0.1, 0.15) is 45.6 Å². The van der Waals surface area contributed by atoms with E-state index in [1.54, 1.807) is 7.11 Å². The van der Waals surface area contributed by atoms with E-state index < -0.39 is 11.7 Å². The molecule has 2 N–H and O–H groups in total. The lowest BCUT2D eigenvalue weighted by Crippen LogP contribution is -2.39. The largest absolute Gasteiger partial charge is 0.497 e. The first-order valence-electron chi connectivity index (χ1n) is 8.07. The number of ether oxygens (including phenoxy) is 2. The molecule has 0 spiro atoms. The summed E-state index contributed by atoms with van der Waals surface area (Å²) in [6.45, 7) is 5.64. The van der Waals surface area contributed by atoms with Crippen LogP contribution in [-0.2, 0) is 11.2 Å². The first-order valence-corrected chi connectivity index (χ1v) is 8.07. The van der Waals surface area contributed by atoms with E-state index >= 15 is 0 Å². The quantitative estimate of drug-likeness (QED) is 0.770. The summed E-state index contributed by atoms with van der Waals surface area (Å²) in [5, 5.41) is 11.9. The van der Waals surface area contributed by atoms with Crippen molar-refractivity contribution >= 4 is 6.09 Å². The minimum Gasteiger partial charge on any atom is -0.497 e. The summed E-state index contributed by atoms with van der Waals surface area (Å²) in [4.78, 5) is 11.9. The van der Waals surface area contributed by atoms with Crippen molar-refractivity contribution in [2.45, 2.75) is 58.1 Å². The number of nitrogens with one attached hydrogen (secondary N) is 1. The average molecular weight is 323 g/mol. The molecule has 0 aliphatic carbocycles. The van der Waals surface area contributed by atoms with Crippen molar-refractivity contribution in [2.24, 2.45) is 0 Å². The van der Waals surface area contributed by atoms with E-state index in [4.69, 9.17) is 14.6 Å². The molecule has 1 aromatic carbocycles. The Morgan fingerprint density at radius 3 is 2.39 bits per heavy atom. The number of carbonyl (C=O) groups excluding carboxylic acids is 1. The van der Waals surface area contributed by atoms with Crippen LogP contribution >= 0.6 is 0 Å². The Morgan fingerprint density at radius 1 is 1.22 bits per heavy atom. The molecule has 0 radical (unpaired) electrons. The summed E-state index contributed by atoms with van der Waals surface area (Å²) >= 11 is 0. The fourth-order valence-electron chi connectivity index (χ4n) is 2.23. The second-order valence-electron chi connectivity index (χ2n) is 6.60. The van der Waals surface area contributed by atoms with Gasteiger partial charge in [-0.1, -0.05) is 12.1 Å². The third-order valence-corrected chi connectivity index (χ3v) is 3.37. The van der Waals surface area contributed by atoms with Crippen LogP contribution < -0.4 is 10.1 Å². The van der Waals surface area contributed by atoms with Gasteiger partial charge in [0.05, 0.1) is 7.11 Å². The lowest BCUT2D eigenvalue weighted by Gasteiger charge is -2.23. The Kier molecular flexibility index (Phi) is 7.89. The molecule has 0 heterocycles. The Hall–Kier alpha value is -1.75. The Morgan fingerprint density at radius 2 is 1.87 bits per heavy atom. The molecule has 1 aromatic rings. The molecular weight excluding hydrogens is 294 g/mol. The average Bonchev–Trinajstić information content (AvgIpc) is 2.48.